The van der Waals surface area contributed by atoms with E-state index in [2.05, 4.69) is 23.1 Å². The Labute approximate surface area is 210 Å². The maximum Gasteiger partial charge on any atom is 0.261 e. The Morgan fingerprint density at radius 1 is 0.944 bits per heavy atom. The van der Waals surface area contributed by atoms with Crippen molar-refractivity contribution in [3.63, 3.8) is 0 Å². The van der Waals surface area contributed by atoms with Crippen LogP contribution in [0.1, 0.15) is 49.0 Å². The number of benzene rings is 3. The summed E-state index contributed by atoms with van der Waals surface area (Å²) in [6.45, 7) is 1.39. The molecule has 0 saturated heterocycles. The molecule has 3 aliphatic rings. The third-order valence-electron chi connectivity index (χ3n) is 7.69. The molecule has 6 heteroatoms. The number of hydrogen-bond donors (Lipinski definition) is 1. The highest BCUT2D eigenvalue weighted by Crippen LogP contribution is 2.36. The zero-order valence-electron chi connectivity index (χ0n) is 20.2. The Hall–Kier alpha value is -3.74. The van der Waals surface area contributed by atoms with Gasteiger partial charge in [0, 0.05) is 19.6 Å². The van der Waals surface area contributed by atoms with Crippen LogP contribution in [0.15, 0.2) is 72.8 Å². The van der Waals surface area contributed by atoms with Crippen molar-refractivity contribution in [3.05, 3.63) is 106 Å². The molecule has 0 aromatic heterocycles. The largest absolute Gasteiger partial charge is 0.497 e. The van der Waals surface area contributed by atoms with E-state index < -0.39 is 6.10 Å². The van der Waals surface area contributed by atoms with Gasteiger partial charge in [-0.25, -0.2) is 0 Å². The zero-order valence-corrected chi connectivity index (χ0v) is 20.2. The first-order chi connectivity index (χ1) is 17.5. The van der Waals surface area contributed by atoms with Crippen LogP contribution in [0.2, 0.25) is 0 Å². The van der Waals surface area contributed by atoms with Gasteiger partial charge in [-0.15, -0.1) is 0 Å². The number of allylic oxidation sites excluding steroid dienone is 1. The Bertz CT molecular complexity index is 1360. The fraction of sp³-hybridized carbons (Fsp3) is 0.267. The monoisotopic (exact) mass is 480 g/mol. The normalized spacial score (nSPS) is 19.6. The van der Waals surface area contributed by atoms with E-state index in [9.17, 15) is 14.7 Å². The van der Waals surface area contributed by atoms with Crippen molar-refractivity contribution in [2.45, 2.75) is 25.0 Å². The molecule has 0 bridgehead atoms. The second-order valence-electron chi connectivity index (χ2n) is 9.63. The van der Waals surface area contributed by atoms with Crippen LogP contribution in [-0.2, 0) is 12.8 Å². The van der Waals surface area contributed by atoms with Gasteiger partial charge in [0.25, 0.3) is 11.8 Å². The van der Waals surface area contributed by atoms with Crippen molar-refractivity contribution in [2.24, 2.45) is 0 Å². The molecule has 0 saturated carbocycles. The van der Waals surface area contributed by atoms with Crippen molar-refractivity contribution < 1.29 is 19.4 Å². The molecule has 6 rings (SSSR count). The number of carbonyl (C=O) groups excluding carboxylic acids is 2. The van der Waals surface area contributed by atoms with Crippen LogP contribution in [0.3, 0.4) is 0 Å². The molecule has 2 unspecified atom stereocenters. The third kappa shape index (κ3) is 3.74. The lowest BCUT2D eigenvalue weighted by atomic mass is 9.91. The zero-order chi connectivity index (χ0) is 24.8. The minimum Gasteiger partial charge on any atom is -0.497 e. The van der Waals surface area contributed by atoms with E-state index in [1.165, 1.54) is 16.0 Å². The quantitative estimate of drug-likeness (QED) is 0.542. The number of imide groups is 1. The summed E-state index contributed by atoms with van der Waals surface area (Å²) in [5, 5.41) is 11.4. The summed E-state index contributed by atoms with van der Waals surface area (Å²) in [5.41, 5.74) is 6.35. The smallest absolute Gasteiger partial charge is 0.261 e. The number of methoxy groups -OCH3 is 1. The van der Waals surface area contributed by atoms with Crippen LogP contribution in [0.25, 0.3) is 5.57 Å². The molecule has 3 aromatic carbocycles. The van der Waals surface area contributed by atoms with Gasteiger partial charge in [0.1, 0.15) is 5.75 Å². The SMILES string of the molecule is COc1ccc2c(c1)C(C(O)CN1CCc3ccccc3C1CN1C(=O)c3ccccc3C1=O)=CC2. The molecule has 1 N–H and O–H groups in total. The molecule has 3 aromatic rings. The molecule has 36 heavy (non-hydrogen) atoms. The Kier molecular flexibility index (Phi) is 5.70. The van der Waals surface area contributed by atoms with E-state index in [-0.39, 0.29) is 24.4 Å². The highest BCUT2D eigenvalue weighted by atomic mass is 16.5. The number of aliphatic hydroxyl groups excluding tert-OH is 1. The number of rotatable bonds is 6. The lowest BCUT2D eigenvalue weighted by Crippen LogP contribution is -2.46. The average molecular weight is 481 g/mol. The summed E-state index contributed by atoms with van der Waals surface area (Å²) < 4.78 is 5.41. The maximum atomic E-state index is 13.1. The van der Waals surface area contributed by atoms with Gasteiger partial charge < -0.3 is 9.84 Å². The predicted molar refractivity (Wildman–Crippen MR) is 137 cm³/mol. The molecule has 0 spiro atoms. The maximum absolute atomic E-state index is 13.1. The van der Waals surface area contributed by atoms with Crippen LogP contribution in [0, 0.1) is 0 Å². The molecule has 2 heterocycles. The van der Waals surface area contributed by atoms with Crippen LogP contribution in [0.5, 0.6) is 5.75 Å². The fourth-order valence-electron chi connectivity index (χ4n) is 5.81. The van der Waals surface area contributed by atoms with E-state index in [0.29, 0.717) is 17.7 Å². The third-order valence-corrected chi connectivity index (χ3v) is 7.69. The fourth-order valence-corrected chi connectivity index (χ4v) is 5.81. The van der Waals surface area contributed by atoms with E-state index in [1.54, 1.807) is 31.4 Å². The second kappa shape index (κ2) is 9.04. The van der Waals surface area contributed by atoms with Crippen LogP contribution < -0.4 is 4.74 Å². The first-order valence-corrected chi connectivity index (χ1v) is 12.4. The Balaban J connectivity index is 1.28. The Morgan fingerprint density at radius 2 is 1.67 bits per heavy atom. The van der Waals surface area contributed by atoms with Gasteiger partial charge in [0.05, 0.1) is 30.4 Å². The summed E-state index contributed by atoms with van der Waals surface area (Å²) in [6.07, 6.45) is 3.03. The van der Waals surface area contributed by atoms with Gasteiger partial charge in [-0.3, -0.25) is 19.4 Å². The van der Waals surface area contributed by atoms with E-state index in [1.807, 2.05) is 30.3 Å². The minimum absolute atomic E-state index is 0.196. The lowest BCUT2D eigenvalue weighted by Gasteiger charge is -2.40. The number of nitrogens with zero attached hydrogens (tertiary/aromatic N) is 2. The first kappa shape index (κ1) is 22.7. The molecule has 6 nitrogen and oxygen atoms in total. The van der Waals surface area contributed by atoms with Crippen molar-refractivity contribution in [1.82, 2.24) is 9.80 Å². The summed E-state index contributed by atoms with van der Waals surface area (Å²) in [7, 11) is 1.64. The summed E-state index contributed by atoms with van der Waals surface area (Å²) in [6, 6.07) is 21.0. The molecule has 0 radical (unpaired) electrons. The minimum atomic E-state index is -0.701. The highest BCUT2D eigenvalue weighted by Gasteiger charge is 2.39. The van der Waals surface area contributed by atoms with Gasteiger partial charge in [0.2, 0.25) is 0 Å². The number of carbonyl (C=O) groups is 2. The van der Waals surface area contributed by atoms with Crippen molar-refractivity contribution in [3.8, 4) is 5.75 Å². The number of ether oxygens (including phenoxy) is 1. The summed E-state index contributed by atoms with van der Waals surface area (Å²) >= 11 is 0. The lowest BCUT2D eigenvalue weighted by molar-refractivity contribution is 0.0539. The van der Waals surface area contributed by atoms with Crippen molar-refractivity contribution in [1.29, 1.82) is 0 Å². The van der Waals surface area contributed by atoms with Gasteiger partial charge in [-0.2, -0.15) is 0 Å². The molecule has 182 valence electrons. The van der Waals surface area contributed by atoms with Gasteiger partial charge in [-0.1, -0.05) is 48.5 Å². The van der Waals surface area contributed by atoms with E-state index in [0.717, 1.165) is 41.8 Å². The van der Waals surface area contributed by atoms with E-state index in [4.69, 9.17) is 4.74 Å². The van der Waals surface area contributed by atoms with E-state index >= 15 is 0 Å². The summed E-state index contributed by atoms with van der Waals surface area (Å²) in [5.74, 6) is 0.265. The summed E-state index contributed by atoms with van der Waals surface area (Å²) in [4.78, 5) is 29.9. The predicted octanol–water partition coefficient (Wildman–Crippen LogP) is 3.89. The number of aliphatic hydroxyl groups is 1. The first-order valence-electron chi connectivity index (χ1n) is 12.4. The molecule has 2 atom stereocenters. The molecule has 2 amide bonds. The number of β-amino-alcohol motifs (C(OH)–C–C–N with tert-alkyl or cyclic N) is 1. The van der Waals surface area contributed by atoms with Gasteiger partial charge >= 0.3 is 0 Å². The molecule has 2 aliphatic heterocycles. The van der Waals surface area contributed by atoms with Crippen molar-refractivity contribution >= 4 is 17.4 Å². The average Bonchev–Trinajstić information content (AvgIpc) is 3.44. The van der Waals surface area contributed by atoms with Crippen LogP contribution >= 0.6 is 0 Å². The standard InChI is InChI=1S/C30H28N2O4/c1-36-21-12-10-20-11-13-23(26(20)16-21)28(33)18-31-15-14-19-6-2-3-7-22(19)27(31)17-32-29(34)24-8-4-5-9-25(24)30(32)35/h2-10,12-13,16,27-28,33H,11,14-15,17-18H2,1H3. The molecular formula is C30H28N2O4. The highest BCUT2D eigenvalue weighted by molar-refractivity contribution is 6.21. The molecule has 0 fully saturated rings. The molecule has 1 aliphatic carbocycles. The van der Waals surface area contributed by atoms with Gasteiger partial charge in [-0.05, 0) is 64.9 Å². The van der Waals surface area contributed by atoms with Crippen molar-refractivity contribution in [2.75, 3.05) is 26.7 Å². The van der Waals surface area contributed by atoms with Crippen LogP contribution in [-0.4, -0.2) is 59.6 Å². The Morgan fingerprint density at radius 3 is 2.42 bits per heavy atom. The number of fused-ring (bicyclic) bond motifs is 3. The number of amides is 2. The number of hydrogen-bond acceptors (Lipinski definition) is 5. The van der Waals surface area contributed by atoms with Crippen LogP contribution in [0.4, 0.5) is 0 Å². The topological polar surface area (TPSA) is 70.1 Å². The molecular weight excluding hydrogens is 452 g/mol. The second-order valence-corrected chi connectivity index (χ2v) is 9.63. The van der Waals surface area contributed by atoms with Gasteiger partial charge in [0.15, 0.2) is 0 Å².